The number of aliphatic carboxylic acids is 1. The number of carboxylic acid groups (broad SMARTS) is 1. The average molecular weight is 166 g/mol. The van der Waals surface area contributed by atoms with Crippen LogP contribution < -0.4 is 0 Å². The Morgan fingerprint density at radius 1 is 1.83 bits per heavy atom. The van der Waals surface area contributed by atoms with Gasteiger partial charge in [0.05, 0.1) is 13.0 Å². The van der Waals surface area contributed by atoms with Gasteiger partial charge >= 0.3 is 5.97 Å². The van der Waals surface area contributed by atoms with Crippen molar-refractivity contribution in [3.63, 3.8) is 0 Å². The predicted octanol–water partition coefficient (Wildman–Crippen LogP) is 0.696. The number of rotatable bonds is 4. The van der Waals surface area contributed by atoms with Crippen molar-refractivity contribution in [2.24, 2.45) is 0 Å². The van der Waals surface area contributed by atoms with Crippen LogP contribution in [0.4, 0.5) is 0 Å². The Morgan fingerprint density at radius 2 is 2.58 bits per heavy atom. The van der Waals surface area contributed by atoms with Gasteiger partial charge < -0.3 is 5.11 Å². The van der Waals surface area contributed by atoms with E-state index in [2.05, 4.69) is 11.7 Å². The van der Waals surface area contributed by atoms with E-state index in [1.165, 1.54) is 0 Å². The molecule has 12 heavy (non-hydrogen) atoms. The van der Waals surface area contributed by atoms with Crippen LogP contribution in [0.5, 0.6) is 0 Å². The molecule has 0 amide bonds. The van der Waals surface area contributed by atoms with Crippen molar-refractivity contribution in [1.82, 2.24) is 9.78 Å². The van der Waals surface area contributed by atoms with Crippen molar-refractivity contribution >= 4 is 5.97 Å². The van der Waals surface area contributed by atoms with E-state index in [-0.39, 0.29) is 6.42 Å². The lowest BCUT2D eigenvalue weighted by Gasteiger charge is -2.00. The van der Waals surface area contributed by atoms with Crippen LogP contribution in [0.3, 0.4) is 0 Å². The van der Waals surface area contributed by atoms with Gasteiger partial charge in [0.15, 0.2) is 0 Å². The summed E-state index contributed by atoms with van der Waals surface area (Å²) in [6, 6.07) is 1.69. The van der Waals surface area contributed by atoms with E-state index in [0.29, 0.717) is 12.2 Å². The Hall–Kier alpha value is -1.58. The minimum absolute atomic E-state index is 0.00778. The van der Waals surface area contributed by atoms with Gasteiger partial charge in [0.25, 0.3) is 0 Å². The molecular weight excluding hydrogens is 156 g/mol. The van der Waals surface area contributed by atoms with Crippen molar-refractivity contribution in [2.75, 3.05) is 0 Å². The summed E-state index contributed by atoms with van der Waals surface area (Å²) < 4.78 is 1.61. The molecule has 1 heterocycles. The number of carbonyl (C=O) groups is 1. The lowest BCUT2D eigenvalue weighted by molar-refractivity contribution is -0.136. The quantitative estimate of drug-likeness (QED) is 0.670. The summed E-state index contributed by atoms with van der Waals surface area (Å²) in [7, 11) is 0. The van der Waals surface area contributed by atoms with Crippen molar-refractivity contribution < 1.29 is 9.90 Å². The van der Waals surface area contributed by atoms with Crippen LogP contribution in [0.15, 0.2) is 24.9 Å². The second kappa shape index (κ2) is 3.71. The fourth-order valence-corrected chi connectivity index (χ4v) is 0.952. The normalized spacial score (nSPS) is 9.67. The highest BCUT2D eigenvalue weighted by Gasteiger charge is 2.04. The Kier molecular flexibility index (Phi) is 2.63. The van der Waals surface area contributed by atoms with Crippen LogP contribution in [-0.2, 0) is 17.8 Å². The van der Waals surface area contributed by atoms with Gasteiger partial charge in [-0.05, 0) is 6.07 Å². The zero-order valence-corrected chi connectivity index (χ0v) is 6.60. The van der Waals surface area contributed by atoms with Crippen LogP contribution in [0.1, 0.15) is 5.69 Å². The monoisotopic (exact) mass is 166 g/mol. The topological polar surface area (TPSA) is 55.1 Å². The molecule has 0 saturated heterocycles. The highest BCUT2D eigenvalue weighted by atomic mass is 16.4. The molecule has 0 atom stereocenters. The van der Waals surface area contributed by atoms with Gasteiger partial charge in [-0.25, -0.2) is 0 Å². The standard InChI is InChI=1S/C8H10N2O2/c1-2-5-10-7(3-4-9-10)6-8(11)12/h2-4H,1,5-6H2,(H,11,12). The SMILES string of the molecule is C=CCn1nccc1CC(=O)O. The summed E-state index contributed by atoms with van der Waals surface area (Å²) in [6.07, 6.45) is 3.27. The van der Waals surface area contributed by atoms with E-state index < -0.39 is 5.97 Å². The van der Waals surface area contributed by atoms with Gasteiger partial charge in [0.2, 0.25) is 0 Å². The third kappa shape index (κ3) is 1.95. The van der Waals surface area contributed by atoms with E-state index >= 15 is 0 Å². The number of nitrogens with zero attached hydrogens (tertiary/aromatic N) is 2. The number of hydrogen-bond donors (Lipinski definition) is 1. The molecule has 0 aliphatic heterocycles. The van der Waals surface area contributed by atoms with Crippen LogP contribution in [0, 0.1) is 0 Å². The van der Waals surface area contributed by atoms with Gasteiger partial charge in [-0.2, -0.15) is 5.10 Å². The Morgan fingerprint density at radius 3 is 3.17 bits per heavy atom. The molecule has 4 nitrogen and oxygen atoms in total. The minimum atomic E-state index is -0.846. The van der Waals surface area contributed by atoms with Gasteiger partial charge in [-0.15, -0.1) is 6.58 Å². The zero-order chi connectivity index (χ0) is 8.97. The predicted molar refractivity (Wildman–Crippen MR) is 43.8 cm³/mol. The Labute approximate surface area is 70.1 Å². The molecule has 1 rings (SSSR count). The Balaban J connectivity index is 2.76. The number of carboxylic acids is 1. The van der Waals surface area contributed by atoms with Crippen LogP contribution >= 0.6 is 0 Å². The first-order valence-electron chi connectivity index (χ1n) is 3.57. The second-order valence-electron chi connectivity index (χ2n) is 2.36. The average Bonchev–Trinajstić information content (AvgIpc) is 2.37. The molecule has 0 bridgehead atoms. The maximum atomic E-state index is 10.4. The molecule has 4 heteroatoms. The highest BCUT2D eigenvalue weighted by molar-refractivity contribution is 5.69. The van der Waals surface area contributed by atoms with Crippen LogP contribution in [-0.4, -0.2) is 20.9 Å². The van der Waals surface area contributed by atoms with Gasteiger partial charge in [0, 0.05) is 11.9 Å². The molecule has 0 unspecified atom stereocenters. The van der Waals surface area contributed by atoms with Crippen LogP contribution in [0.2, 0.25) is 0 Å². The maximum Gasteiger partial charge on any atom is 0.309 e. The fraction of sp³-hybridized carbons (Fsp3) is 0.250. The molecule has 0 aliphatic carbocycles. The smallest absolute Gasteiger partial charge is 0.309 e. The van der Waals surface area contributed by atoms with Crippen molar-refractivity contribution in [3.05, 3.63) is 30.6 Å². The summed E-state index contributed by atoms with van der Waals surface area (Å²) in [5, 5.41) is 12.5. The van der Waals surface area contributed by atoms with E-state index in [4.69, 9.17) is 5.11 Å². The lowest BCUT2D eigenvalue weighted by Crippen LogP contribution is -2.08. The fourth-order valence-electron chi connectivity index (χ4n) is 0.952. The first-order chi connectivity index (χ1) is 5.74. The first-order valence-corrected chi connectivity index (χ1v) is 3.57. The minimum Gasteiger partial charge on any atom is -0.481 e. The number of hydrogen-bond acceptors (Lipinski definition) is 2. The van der Waals surface area contributed by atoms with E-state index in [1.54, 1.807) is 23.0 Å². The molecule has 0 fully saturated rings. The third-order valence-corrected chi connectivity index (χ3v) is 1.44. The first kappa shape index (κ1) is 8.52. The molecule has 1 aromatic heterocycles. The summed E-state index contributed by atoms with van der Waals surface area (Å²) in [5.74, 6) is -0.846. The van der Waals surface area contributed by atoms with Crippen LogP contribution in [0.25, 0.3) is 0 Å². The van der Waals surface area contributed by atoms with Crippen molar-refractivity contribution in [2.45, 2.75) is 13.0 Å². The molecule has 0 radical (unpaired) electrons. The molecule has 0 spiro atoms. The van der Waals surface area contributed by atoms with Crippen molar-refractivity contribution in [1.29, 1.82) is 0 Å². The second-order valence-corrected chi connectivity index (χ2v) is 2.36. The molecule has 1 N–H and O–H groups in total. The lowest BCUT2D eigenvalue weighted by atomic mass is 10.3. The molecule has 0 aromatic carbocycles. The zero-order valence-electron chi connectivity index (χ0n) is 6.60. The third-order valence-electron chi connectivity index (χ3n) is 1.44. The summed E-state index contributed by atoms with van der Waals surface area (Å²) in [5.41, 5.74) is 0.697. The van der Waals surface area contributed by atoms with E-state index in [0.717, 1.165) is 0 Å². The molecule has 64 valence electrons. The summed E-state index contributed by atoms with van der Waals surface area (Å²) in [4.78, 5) is 10.4. The van der Waals surface area contributed by atoms with Crippen molar-refractivity contribution in [3.8, 4) is 0 Å². The number of aromatic nitrogens is 2. The van der Waals surface area contributed by atoms with Gasteiger partial charge in [-0.1, -0.05) is 6.08 Å². The molecule has 1 aromatic rings. The molecular formula is C8H10N2O2. The van der Waals surface area contributed by atoms with E-state index in [9.17, 15) is 4.79 Å². The number of allylic oxidation sites excluding steroid dienone is 1. The maximum absolute atomic E-state index is 10.4. The summed E-state index contributed by atoms with van der Waals surface area (Å²) in [6.45, 7) is 4.10. The summed E-state index contributed by atoms with van der Waals surface area (Å²) >= 11 is 0. The van der Waals surface area contributed by atoms with E-state index in [1.807, 2.05) is 0 Å². The largest absolute Gasteiger partial charge is 0.481 e. The molecule has 0 aliphatic rings. The highest BCUT2D eigenvalue weighted by Crippen LogP contribution is 1.99. The Bertz CT molecular complexity index is 291. The van der Waals surface area contributed by atoms with Gasteiger partial charge in [-0.3, -0.25) is 9.48 Å². The van der Waals surface area contributed by atoms with Gasteiger partial charge in [0.1, 0.15) is 0 Å². The molecule has 0 saturated carbocycles.